The topological polar surface area (TPSA) is 33.3 Å². The van der Waals surface area contributed by atoms with Crippen LogP contribution in [-0.4, -0.2) is 26.7 Å². The minimum absolute atomic E-state index is 0.797. The average molecular weight is 220 g/mol. The molecular formula is C13H20N2O. The molecule has 2 N–H and O–H groups in total. The molecule has 2 rings (SSSR count). The van der Waals surface area contributed by atoms with Crippen molar-refractivity contribution in [2.24, 2.45) is 5.92 Å². The van der Waals surface area contributed by atoms with Gasteiger partial charge < -0.3 is 15.4 Å². The van der Waals surface area contributed by atoms with Crippen LogP contribution >= 0.6 is 0 Å². The first-order valence-electron chi connectivity index (χ1n) is 5.93. The number of benzene rings is 1. The summed E-state index contributed by atoms with van der Waals surface area (Å²) in [5, 5.41) is 6.88. The Balaban J connectivity index is 1.75. The predicted octanol–water partition coefficient (Wildman–Crippen LogP) is 1.39. The molecule has 0 aliphatic carbocycles. The van der Waals surface area contributed by atoms with E-state index >= 15 is 0 Å². The number of hydrogen-bond acceptors (Lipinski definition) is 3. The molecule has 16 heavy (non-hydrogen) atoms. The van der Waals surface area contributed by atoms with E-state index in [2.05, 4.69) is 22.8 Å². The van der Waals surface area contributed by atoms with Gasteiger partial charge in [-0.05, 0) is 49.7 Å². The Bertz CT molecular complexity index is 321. The Morgan fingerprint density at radius 1 is 1.50 bits per heavy atom. The first-order valence-corrected chi connectivity index (χ1v) is 5.93. The molecule has 1 fully saturated rings. The van der Waals surface area contributed by atoms with E-state index < -0.39 is 0 Å². The monoisotopic (exact) mass is 220 g/mol. The van der Waals surface area contributed by atoms with Gasteiger partial charge in [0.1, 0.15) is 5.75 Å². The number of ether oxygens (including phenoxy) is 1. The molecule has 3 nitrogen and oxygen atoms in total. The van der Waals surface area contributed by atoms with Crippen LogP contribution in [0.15, 0.2) is 24.3 Å². The standard InChI is InChI=1S/C13H20N2O/c1-16-13-4-2-3-11(7-13)8-15-10-12-5-6-14-9-12/h2-4,7,12,14-15H,5-6,8-10H2,1H3. The van der Waals surface area contributed by atoms with Crippen molar-refractivity contribution in [2.75, 3.05) is 26.7 Å². The Morgan fingerprint density at radius 2 is 2.44 bits per heavy atom. The van der Waals surface area contributed by atoms with Crippen LogP contribution in [0, 0.1) is 5.92 Å². The molecule has 88 valence electrons. The normalized spacial score (nSPS) is 19.9. The number of methoxy groups -OCH3 is 1. The highest BCUT2D eigenvalue weighted by Crippen LogP contribution is 2.12. The third-order valence-corrected chi connectivity index (χ3v) is 3.06. The van der Waals surface area contributed by atoms with E-state index in [9.17, 15) is 0 Å². The molecule has 0 aromatic heterocycles. The minimum atomic E-state index is 0.797. The highest BCUT2D eigenvalue weighted by Gasteiger charge is 2.13. The van der Waals surface area contributed by atoms with Crippen LogP contribution in [0.3, 0.4) is 0 Å². The van der Waals surface area contributed by atoms with E-state index in [1.54, 1.807) is 7.11 Å². The third-order valence-electron chi connectivity index (χ3n) is 3.06. The molecule has 0 amide bonds. The summed E-state index contributed by atoms with van der Waals surface area (Å²) in [4.78, 5) is 0. The maximum Gasteiger partial charge on any atom is 0.119 e. The maximum absolute atomic E-state index is 5.20. The predicted molar refractivity (Wildman–Crippen MR) is 65.7 cm³/mol. The second kappa shape index (κ2) is 5.87. The molecule has 0 spiro atoms. The SMILES string of the molecule is COc1cccc(CNCC2CCNC2)c1. The fraction of sp³-hybridized carbons (Fsp3) is 0.538. The lowest BCUT2D eigenvalue weighted by Crippen LogP contribution is -2.24. The molecule has 1 aliphatic heterocycles. The lowest BCUT2D eigenvalue weighted by atomic mass is 10.1. The molecule has 1 aromatic carbocycles. The molecular weight excluding hydrogens is 200 g/mol. The van der Waals surface area contributed by atoms with Crippen LogP contribution in [0.2, 0.25) is 0 Å². The van der Waals surface area contributed by atoms with Crippen molar-refractivity contribution in [1.29, 1.82) is 0 Å². The lowest BCUT2D eigenvalue weighted by Gasteiger charge is -2.10. The lowest BCUT2D eigenvalue weighted by molar-refractivity contribution is 0.414. The Kier molecular flexibility index (Phi) is 4.19. The Hall–Kier alpha value is -1.06. The molecule has 1 unspecified atom stereocenters. The van der Waals surface area contributed by atoms with Crippen molar-refractivity contribution < 1.29 is 4.74 Å². The van der Waals surface area contributed by atoms with Crippen LogP contribution in [0.1, 0.15) is 12.0 Å². The van der Waals surface area contributed by atoms with Gasteiger partial charge in [0.05, 0.1) is 7.11 Å². The highest BCUT2D eigenvalue weighted by molar-refractivity contribution is 5.28. The molecule has 0 radical (unpaired) electrons. The van der Waals surface area contributed by atoms with Crippen molar-refractivity contribution in [3.8, 4) is 5.75 Å². The van der Waals surface area contributed by atoms with E-state index in [0.29, 0.717) is 0 Å². The second-order valence-electron chi connectivity index (χ2n) is 4.34. The summed E-state index contributed by atoms with van der Waals surface area (Å²) in [6, 6.07) is 8.22. The van der Waals surface area contributed by atoms with E-state index in [4.69, 9.17) is 4.74 Å². The second-order valence-corrected chi connectivity index (χ2v) is 4.34. The van der Waals surface area contributed by atoms with E-state index in [1.807, 2.05) is 12.1 Å². The van der Waals surface area contributed by atoms with Crippen LogP contribution in [0.5, 0.6) is 5.75 Å². The zero-order valence-electron chi connectivity index (χ0n) is 9.83. The van der Waals surface area contributed by atoms with Gasteiger partial charge in [-0.2, -0.15) is 0 Å². The summed E-state index contributed by atoms with van der Waals surface area (Å²) < 4.78 is 5.20. The van der Waals surface area contributed by atoms with E-state index in [1.165, 1.54) is 18.5 Å². The molecule has 1 saturated heterocycles. The summed E-state index contributed by atoms with van der Waals surface area (Å²) >= 11 is 0. The van der Waals surface area contributed by atoms with E-state index in [-0.39, 0.29) is 0 Å². The van der Waals surface area contributed by atoms with Gasteiger partial charge in [-0.3, -0.25) is 0 Å². The molecule has 1 aromatic rings. The molecule has 1 aliphatic rings. The summed E-state index contributed by atoms with van der Waals surface area (Å²) in [7, 11) is 1.71. The van der Waals surface area contributed by atoms with Gasteiger partial charge in [-0.25, -0.2) is 0 Å². The van der Waals surface area contributed by atoms with Gasteiger partial charge in [-0.1, -0.05) is 12.1 Å². The van der Waals surface area contributed by atoms with Gasteiger partial charge in [0, 0.05) is 6.54 Å². The van der Waals surface area contributed by atoms with Crippen LogP contribution in [0.4, 0.5) is 0 Å². The van der Waals surface area contributed by atoms with Gasteiger partial charge in [-0.15, -0.1) is 0 Å². The maximum atomic E-state index is 5.20. The van der Waals surface area contributed by atoms with Crippen molar-refractivity contribution >= 4 is 0 Å². The zero-order chi connectivity index (χ0) is 11.2. The number of hydrogen-bond donors (Lipinski definition) is 2. The van der Waals surface area contributed by atoms with Crippen molar-refractivity contribution in [2.45, 2.75) is 13.0 Å². The van der Waals surface area contributed by atoms with Crippen molar-refractivity contribution in [1.82, 2.24) is 10.6 Å². The minimum Gasteiger partial charge on any atom is -0.497 e. The van der Waals surface area contributed by atoms with Crippen molar-refractivity contribution in [3.05, 3.63) is 29.8 Å². The number of rotatable bonds is 5. The molecule has 3 heteroatoms. The van der Waals surface area contributed by atoms with Gasteiger partial charge in [0.2, 0.25) is 0 Å². The quantitative estimate of drug-likeness (QED) is 0.787. The first-order chi connectivity index (χ1) is 7.88. The number of nitrogens with one attached hydrogen (secondary N) is 2. The fourth-order valence-corrected chi connectivity index (χ4v) is 2.09. The fourth-order valence-electron chi connectivity index (χ4n) is 2.09. The van der Waals surface area contributed by atoms with E-state index in [0.717, 1.165) is 31.3 Å². The third kappa shape index (κ3) is 3.22. The molecule has 0 saturated carbocycles. The smallest absolute Gasteiger partial charge is 0.119 e. The zero-order valence-corrected chi connectivity index (χ0v) is 9.83. The summed E-state index contributed by atoms with van der Waals surface area (Å²) in [5.74, 6) is 1.73. The molecule has 1 atom stereocenters. The molecule has 1 heterocycles. The van der Waals surface area contributed by atoms with Crippen LogP contribution in [0.25, 0.3) is 0 Å². The van der Waals surface area contributed by atoms with Gasteiger partial charge in [0.15, 0.2) is 0 Å². The molecule has 0 bridgehead atoms. The summed E-state index contributed by atoms with van der Waals surface area (Å²) in [6.07, 6.45) is 1.30. The van der Waals surface area contributed by atoms with Crippen LogP contribution in [-0.2, 0) is 6.54 Å². The first kappa shape index (κ1) is 11.4. The Morgan fingerprint density at radius 3 is 3.19 bits per heavy atom. The van der Waals surface area contributed by atoms with Crippen LogP contribution < -0.4 is 15.4 Å². The van der Waals surface area contributed by atoms with Gasteiger partial charge in [0.25, 0.3) is 0 Å². The average Bonchev–Trinajstić information content (AvgIpc) is 2.82. The van der Waals surface area contributed by atoms with Crippen molar-refractivity contribution in [3.63, 3.8) is 0 Å². The summed E-state index contributed by atoms with van der Waals surface area (Å²) in [6.45, 7) is 4.36. The Labute approximate surface area is 97.2 Å². The highest BCUT2D eigenvalue weighted by atomic mass is 16.5. The van der Waals surface area contributed by atoms with Gasteiger partial charge >= 0.3 is 0 Å². The summed E-state index contributed by atoms with van der Waals surface area (Å²) in [5.41, 5.74) is 1.28. The largest absolute Gasteiger partial charge is 0.497 e.